The van der Waals surface area contributed by atoms with E-state index in [2.05, 4.69) is 38.1 Å². The molecule has 1 amide bonds. The van der Waals surface area contributed by atoms with Crippen molar-refractivity contribution in [2.45, 2.75) is 39.0 Å². The van der Waals surface area contributed by atoms with Crippen molar-refractivity contribution in [3.05, 3.63) is 35.4 Å². The van der Waals surface area contributed by atoms with Crippen LogP contribution < -0.4 is 5.73 Å². The summed E-state index contributed by atoms with van der Waals surface area (Å²) in [5.41, 5.74) is 8.36. The minimum absolute atomic E-state index is 0.0713. The lowest BCUT2D eigenvalue weighted by Gasteiger charge is -2.22. The number of amides is 1. The molecule has 0 saturated carbocycles. The zero-order valence-electron chi connectivity index (χ0n) is 12.6. The molecule has 1 heterocycles. The van der Waals surface area contributed by atoms with E-state index >= 15 is 0 Å². The van der Waals surface area contributed by atoms with Crippen LogP contribution in [0, 0.1) is 5.92 Å². The SMILES string of the molecule is CC(C)c1ccc(CC(CN)C(=O)N2CCCC2)cc1. The highest BCUT2D eigenvalue weighted by molar-refractivity contribution is 5.79. The summed E-state index contributed by atoms with van der Waals surface area (Å²) in [6.07, 6.45) is 3.02. The predicted molar refractivity (Wildman–Crippen MR) is 82.6 cm³/mol. The van der Waals surface area contributed by atoms with Gasteiger partial charge in [-0.15, -0.1) is 0 Å². The second-order valence-corrected chi connectivity index (χ2v) is 6.07. The zero-order valence-corrected chi connectivity index (χ0v) is 12.6. The number of carbonyl (C=O) groups is 1. The maximum absolute atomic E-state index is 12.4. The number of benzene rings is 1. The van der Waals surface area contributed by atoms with Gasteiger partial charge in [0.2, 0.25) is 5.91 Å². The van der Waals surface area contributed by atoms with E-state index in [1.54, 1.807) is 0 Å². The summed E-state index contributed by atoms with van der Waals surface area (Å²) in [6, 6.07) is 8.59. The molecule has 20 heavy (non-hydrogen) atoms. The third kappa shape index (κ3) is 3.60. The first-order chi connectivity index (χ1) is 9.61. The summed E-state index contributed by atoms with van der Waals surface area (Å²) in [5, 5.41) is 0. The summed E-state index contributed by atoms with van der Waals surface area (Å²) in [5.74, 6) is 0.705. The largest absolute Gasteiger partial charge is 0.342 e. The molecule has 1 aromatic rings. The third-order valence-corrected chi connectivity index (χ3v) is 4.18. The van der Waals surface area contributed by atoms with E-state index in [0.717, 1.165) is 32.4 Å². The van der Waals surface area contributed by atoms with E-state index in [9.17, 15) is 4.79 Å². The number of nitrogens with zero attached hydrogens (tertiary/aromatic N) is 1. The van der Waals surface area contributed by atoms with Gasteiger partial charge in [0, 0.05) is 19.6 Å². The summed E-state index contributed by atoms with van der Waals surface area (Å²) in [4.78, 5) is 14.4. The molecule has 1 fully saturated rings. The Morgan fingerprint density at radius 2 is 1.80 bits per heavy atom. The minimum Gasteiger partial charge on any atom is -0.342 e. The Morgan fingerprint density at radius 1 is 1.20 bits per heavy atom. The van der Waals surface area contributed by atoms with Crippen LogP contribution in [0.3, 0.4) is 0 Å². The fourth-order valence-corrected chi connectivity index (χ4v) is 2.79. The average molecular weight is 274 g/mol. The lowest BCUT2D eigenvalue weighted by atomic mass is 9.95. The van der Waals surface area contributed by atoms with Crippen LogP contribution >= 0.6 is 0 Å². The Morgan fingerprint density at radius 3 is 2.30 bits per heavy atom. The molecule has 1 saturated heterocycles. The molecule has 0 bridgehead atoms. The smallest absolute Gasteiger partial charge is 0.227 e. The topological polar surface area (TPSA) is 46.3 Å². The molecule has 2 rings (SSSR count). The van der Waals surface area contributed by atoms with Crippen molar-refractivity contribution >= 4 is 5.91 Å². The fraction of sp³-hybridized carbons (Fsp3) is 0.588. The van der Waals surface area contributed by atoms with Crippen molar-refractivity contribution in [2.24, 2.45) is 11.7 Å². The van der Waals surface area contributed by atoms with E-state index < -0.39 is 0 Å². The number of carbonyl (C=O) groups excluding carboxylic acids is 1. The van der Waals surface area contributed by atoms with Gasteiger partial charge in [0.25, 0.3) is 0 Å². The van der Waals surface area contributed by atoms with Gasteiger partial charge >= 0.3 is 0 Å². The van der Waals surface area contributed by atoms with Gasteiger partial charge < -0.3 is 10.6 Å². The van der Waals surface area contributed by atoms with Gasteiger partial charge in [-0.05, 0) is 36.3 Å². The predicted octanol–water partition coefficient (Wildman–Crippen LogP) is 2.55. The molecule has 0 aliphatic carbocycles. The number of hydrogen-bond donors (Lipinski definition) is 1. The summed E-state index contributed by atoms with van der Waals surface area (Å²) in [6.45, 7) is 6.62. The Bertz CT molecular complexity index is 433. The molecular weight excluding hydrogens is 248 g/mol. The fourth-order valence-electron chi connectivity index (χ4n) is 2.79. The van der Waals surface area contributed by atoms with Gasteiger partial charge in [-0.2, -0.15) is 0 Å². The lowest BCUT2D eigenvalue weighted by Crippen LogP contribution is -2.38. The Hall–Kier alpha value is -1.35. The van der Waals surface area contributed by atoms with E-state index in [0.29, 0.717) is 12.5 Å². The number of hydrogen-bond acceptors (Lipinski definition) is 2. The standard InChI is InChI=1S/C17H26N2O/c1-13(2)15-7-5-14(6-8-15)11-16(12-18)17(20)19-9-3-4-10-19/h5-8,13,16H,3-4,9-12,18H2,1-2H3. The molecule has 1 aliphatic rings. The molecule has 3 nitrogen and oxygen atoms in total. The molecular formula is C17H26N2O. The number of rotatable bonds is 5. The molecule has 1 unspecified atom stereocenters. The van der Waals surface area contributed by atoms with Crippen molar-refractivity contribution < 1.29 is 4.79 Å². The van der Waals surface area contributed by atoms with Crippen LogP contribution in [-0.2, 0) is 11.2 Å². The number of nitrogens with two attached hydrogens (primary N) is 1. The first-order valence-corrected chi connectivity index (χ1v) is 7.69. The van der Waals surface area contributed by atoms with Crippen molar-refractivity contribution in [3.8, 4) is 0 Å². The van der Waals surface area contributed by atoms with Crippen LogP contribution in [0.25, 0.3) is 0 Å². The van der Waals surface area contributed by atoms with Crippen molar-refractivity contribution in [3.63, 3.8) is 0 Å². The Balaban J connectivity index is 2.00. The Kier molecular flexibility index (Phi) is 5.18. The van der Waals surface area contributed by atoms with E-state index in [4.69, 9.17) is 5.73 Å². The zero-order chi connectivity index (χ0) is 14.5. The van der Waals surface area contributed by atoms with Crippen LogP contribution in [0.2, 0.25) is 0 Å². The number of likely N-dealkylation sites (tertiary alicyclic amines) is 1. The van der Waals surface area contributed by atoms with Gasteiger partial charge in [0.1, 0.15) is 0 Å². The van der Waals surface area contributed by atoms with E-state index in [-0.39, 0.29) is 11.8 Å². The quantitative estimate of drug-likeness (QED) is 0.897. The maximum Gasteiger partial charge on any atom is 0.227 e. The summed E-state index contributed by atoms with van der Waals surface area (Å²) >= 11 is 0. The van der Waals surface area contributed by atoms with E-state index in [1.807, 2.05) is 4.90 Å². The highest BCUT2D eigenvalue weighted by Crippen LogP contribution is 2.18. The van der Waals surface area contributed by atoms with Crippen LogP contribution in [0.15, 0.2) is 24.3 Å². The monoisotopic (exact) mass is 274 g/mol. The molecule has 0 spiro atoms. The Labute approximate surface area is 122 Å². The molecule has 3 heteroatoms. The minimum atomic E-state index is -0.0713. The first-order valence-electron chi connectivity index (χ1n) is 7.69. The molecule has 1 atom stereocenters. The summed E-state index contributed by atoms with van der Waals surface area (Å²) < 4.78 is 0. The van der Waals surface area contributed by atoms with Gasteiger partial charge in [-0.25, -0.2) is 0 Å². The van der Waals surface area contributed by atoms with Crippen LogP contribution in [0.1, 0.15) is 43.7 Å². The van der Waals surface area contributed by atoms with Crippen LogP contribution in [0.4, 0.5) is 0 Å². The first kappa shape index (κ1) is 15.0. The van der Waals surface area contributed by atoms with Crippen LogP contribution in [0.5, 0.6) is 0 Å². The van der Waals surface area contributed by atoms with Gasteiger partial charge in [0.05, 0.1) is 5.92 Å². The molecule has 2 N–H and O–H groups in total. The molecule has 1 aromatic carbocycles. The molecule has 110 valence electrons. The molecule has 1 aliphatic heterocycles. The second-order valence-electron chi connectivity index (χ2n) is 6.07. The van der Waals surface area contributed by atoms with Gasteiger partial charge in [0.15, 0.2) is 0 Å². The van der Waals surface area contributed by atoms with Crippen molar-refractivity contribution in [2.75, 3.05) is 19.6 Å². The molecule has 0 radical (unpaired) electrons. The van der Waals surface area contributed by atoms with Gasteiger partial charge in [-0.1, -0.05) is 38.1 Å². The maximum atomic E-state index is 12.4. The van der Waals surface area contributed by atoms with Crippen molar-refractivity contribution in [1.82, 2.24) is 4.90 Å². The molecule has 0 aromatic heterocycles. The second kappa shape index (κ2) is 6.89. The lowest BCUT2D eigenvalue weighted by molar-refractivity contribution is -0.134. The summed E-state index contributed by atoms with van der Waals surface area (Å²) in [7, 11) is 0. The average Bonchev–Trinajstić information content (AvgIpc) is 2.98. The highest BCUT2D eigenvalue weighted by atomic mass is 16.2. The van der Waals surface area contributed by atoms with E-state index in [1.165, 1.54) is 11.1 Å². The third-order valence-electron chi connectivity index (χ3n) is 4.18. The normalized spacial score (nSPS) is 16.7. The van der Waals surface area contributed by atoms with Crippen molar-refractivity contribution in [1.29, 1.82) is 0 Å². The highest BCUT2D eigenvalue weighted by Gasteiger charge is 2.25. The van der Waals surface area contributed by atoms with Crippen LogP contribution in [-0.4, -0.2) is 30.4 Å². The van der Waals surface area contributed by atoms with Gasteiger partial charge in [-0.3, -0.25) is 4.79 Å².